The Hall–Kier alpha value is -2.80. The van der Waals surface area contributed by atoms with Crippen LogP contribution in [0, 0.1) is 6.92 Å². The number of carbonyl (C=O) groups excluding carboxylic acids is 2. The molecule has 2 amide bonds. The first kappa shape index (κ1) is 22.5. The molecule has 0 atom stereocenters. The van der Waals surface area contributed by atoms with Gasteiger partial charge in [-0.05, 0) is 37.6 Å². The van der Waals surface area contributed by atoms with Crippen LogP contribution in [0.15, 0.2) is 24.3 Å². The maximum absolute atomic E-state index is 12.5. The summed E-state index contributed by atoms with van der Waals surface area (Å²) in [4.78, 5) is 26.1. The minimum atomic E-state index is -0.366. The van der Waals surface area contributed by atoms with Crippen molar-refractivity contribution in [1.82, 2.24) is 14.7 Å². The molecule has 0 spiro atoms. The molecule has 1 N–H and O–H groups in total. The number of amides is 2. The summed E-state index contributed by atoms with van der Waals surface area (Å²) in [6.45, 7) is 4.69. The van der Waals surface area contributed by atoms with Crippen molar-refractivity contribution in [3.05, 3.63) is 46.2 Å². The number of halogens is 1. The summed E-state index contributed by atoms with van der Waals surface area (Å²) in [5.74, 6) is -0.0706. The maximum Gasteiger partial charge on any atom is 0.253 e. The molecule has 0 aliphatic carbocycles. The third-order valence-corrected chi connectivity index (χ3v) is 4.74. The van der Waals surface area contributed by atoms with E-state index in [0.29, 0.717) is 27.7 Å². The molecule has 0 unspecified atom stereocenters. The molecular formula is C21H27ClN4O3. The molecule has 0 radical (unpaired) electrons. The van der Waals surface area contributed by atoms with Crippen molar-refractivity contribution >= 4 is 35.2 Å². The van der Waals surface area contributed by atoms with E-state index in [-0.39, 0.29) is 11.8 Å². The number of benzene rings is 1. The predicted molar refractivity (Wildman–Crippen MR) is 116 cm³/mol. The van der Waals surface area contributed by atoms with E-state index in [9.17, 15) is 9.59 Å². The van der Waals surface area contributed by atoms with Crippen molar-refractivity contribution in [2.24, 2.45) is 0 Å². The zero-order chi connectivity index (χ0) is 21.6. The molecule has 0 saturated heterocycles. The number of aryl methyl sites for hydroxylation is 2. The number of nitrogens with one attached hydrogen (secondary N) is 1. The molecule has 29 heavy (non-hydrogen) atoms. The van der Waals surface area contributed by atoms with Gasteiger partial charge in [0, 0.05) is 37.8 Å². The lowest BCUT2D eigenvalue weighted by molar-refractivity contribution is -0.111. The SMILES string of the molecule is CCCCn1nc(C)c(C=CC(=O)Nc2cc(C(=O)N(C)C)ccc2OC)c1Cl. The lowest BCUT2D eigenvalue weighted by atomic mass is 10.1. The first-order valence-corrected chi connectivity index (χ1v) is 9.77. The number of aromatic nitrogens is 2. The Morgan fingerprint density at radius 1 is 1.34 bits per heavy atom. The summed E-state index contributed by atoms with van der Waals surface area (Å²) >= 11 is 6.40. The van der Waals surface area contributed by atoms with Gasteiger partial charge in [0.15, 0.2) is 0 Å². The van der Waals surface area contributed by atoms with Crippen LogP contribution >= 0.6 is 11.6 Å². The van der Waals surface area contributed by atoms with Crippen LogP contribution in [0.5, 0.6) is 5.75 Å². The summed E-state index contributed by atoms with van der Waals surface area (Å²) in [7, 11) is 4.84. The van der Waals surface area contributed by atoms with Crippen molar-refractivity contribution < 1.29 is 14.3 Å². The van der Waals surface area contributed by atoms with Gasteiger partial charge in [0.2, 0.25) is 5.91 Å². The number of hydrogen-bond donors (Lipinski definition) is 1. The Morgan fingerprint density at radius 2 is 2.07 bits per heavy atom. The quantitative estimate of drug-likeness (QED) is 0.657. The van der Waals surface area contributed by atoms with Crippen LogP contribution in [0.4, 0.5) is 5.69 Å². The van der Waals surface area contributed by atoms with E-state index in [4.69, 9.17) is 16.3 Å². The molecule has 1 aromatic heterocycles. The fourth-order valence-electron chi connectivity index (χ4n) is 2.74. The second-order valence-electron chi connectivity index (χ2n) is 6.80. The fourth-order valence-corrected chi connectivity index (χ4v) is 3.06. The molecule has 2 aromatic rings. The molecule has 2 rings (SSSR count). The Bertz CT molecular complexity index is 919. The fraction of sp³-hybridized carbons (Fsp3) is 0.381. The summed E-state index contributed by atoms with van der Waals surface area (Å²) in [5.41, 5.74) is 2.33. The lowest BCUT2D eigenvalue weighted by Gasteiger charge is -2.14. The van der Waals surface area contributed by atoms with Gasteiger partial charge < -0.3 is 15.0 Å². The second kappa shape index (κ2) is 10.1. The molecule has 0 saturated carbocycles. The largest absolute Gasteiger partial charge is 0.495 e. The van der Waals surface area contributed by atoms with Crippen molar-refractivity contribution in [3.8, 4) is 5.75 Å². The van der Waals surface area contributed by atoms with Crippen LogP contribution in [0.2, 0.25) is 5.15 Å². The first-order chi connectivity index (χ1) is 13.8. The van der Waals surface area contributed by atoms with Gasteiger partial charge in [-0.15, -0.1) is 0 Å². The highest BCUT2D eigenvalue weighted by Crippen LogP contribution is 2.26. The Kier molecular flexibility index (Phi) is 7.84. The molecule has 0 aliphatic heterocycles. The molecular weight excluding hydrogens is 392 g/mol. The minimum absolute atomic E-state index is 0.166. The zero-order valence-corrected chi connectivity index (χ0v) is 18.2. The molecule has 0 aliphatic rings. The molecule has 8 heteroatoms. The highest BCUT2D eigenvalue weighted by molar-refractivity contribution is 6.31. The topological polar surface area (TPSA) is 76.5 Å². The molecule has 7 nitrogen and oxygen atoms in total. The number of carbonyl (C=O) groups is 2. The van der Waals surface area contributed by atoms with Crippen molar-refractivity contribution in [2.75, 3.05) is 26.5 Å². The normalized spacial score (nSPS) is 11.0. The standard InChI is InChI=1S/C21H27ClN4O3/c1-6-7-12-26-20(22)16(14(2)24-26)9-11-19(27)23-17-13-15(21(28)25(3)4)8-10-18(17)29-5/h8-11,13H,6-7,12H2,1-5H3,(H,23,27). The molecule has 1 heterocycles. The molecule has 1 aromatic carbocycles. The summed E-state index contributed by atoms with van der Waals surface area (Å²) in [6.07, 6.45) is 5.05. The average Bonchev–Trinajstić information content (AvgIpc) is 2.96. The van der Waals surface area contributed by atoms with Crippen LogP contribution in [0.3, 0.4) is 0 Å². The summed E-state index contributed by atoms with van der Waals surface area (Å²) in [6, 6.07) is 4.89. The van der Waals surface area contributed by atoms with Crippen LogP contribution in [0.1, 0.15) is 41.4 Å². The highest BCUT2D eigenvalue weighted by atomic mass is 35.5. The van der Waals surface area contributed by atoms with Crippen LogP contribution in [0.25, 0.3) is 6.08 Å². The van der Waals surface area contributed by atoms with Crippen LogP contribution in [-0.4, -0.2) is 47.7 Å². The van der Waals surface area contributed by atoms with Gasteiger partial charge in [0.1, 0.15) is 10.9 Å². The Labute approximate surface area is 176 Å². The van der Waals surface area contributed by atoms with E-state index < -0.39 is 0 Å². The first-order valence-electron chi connectivity index (χ1n) is 9.40. The van der Waals surface area contributed by atoms with E-state index >= 15 is 0 Å². The van der Waals surface area contributed by atoms with Gasteiger partial charge >= 0.3 is 0 Å². The number of anilines is 1. The molecule has 156 valence electrons. The smallest absolute Gasteiger partial charge is 0.253 e. The van der Waals surface area contributed by atoms with Gasteiger partial charge in [0.25, 0.3) is 5.91 Å². The van der Waals surface area contributed by atoms with E-state index in [0.717, 1.165) is 25.1 Å². The summed E-state index contributed by atoms with van der Waals surface area (Å²) < 4.78 is 7.03. The van der Waals surface area contributed by atoms with E-state index in [1.54, 1.807) is 43.1 Å². The third-order valence-electron chi connectivity index (χ3n) is 4.34. The van der Waals surface area contributed by atoms with Gasteiger partial charge in [-0.3, -0.25) is 14.3 Å². The van der Waals surface area contributed by atoms with Gasteiger partial charge in [0.05, 0.1) is 18.5 Å². The van der Waals surface area contributed by atoms with Crippen molar-refractivity contribution in [1.29, 1.82) is 0 Å². The van der Waals surface area contributed by atoms with Gasteiger partial charge in [-0.1, -0.05) is 24.9 Å². The van der Waals surface area contributed by atoms with E-state index in [1.165, 1.54) is 18.1 Å². The Morgan fingerprint density at radius 3 is 2.69 bits per heavy atom. The number of ether oxygens (including phenoxy) is 1. The monoisotopic (exact) mass is 418 g/mol. The van der Waals surface area contributed by atoms with Crippen molar-refractivity contribution in [3.63, 3.8) is 0 Å². The molecule has 0 fully saturated rings. The van der Waals surface area contributed by atoms with Gasteiger partial charge in [-0.25, -0.2) is 0 Å². The number of nitrogens with zero attached hydrogens (tertiary/aromatic N) is 3. The Balaban J connectivity index is 2.20. The predicted octanol–water partition coefficient (Wildman–Crippen LogP) is 4.01. The number of methoxy groups -OCH3 is 1. The van der Waals surface area contributed by atoms with Gasteiger partial charge in [-0.2, -0.15) is 5.10 Å². The second-order valence-corrected chi connectivity index (χ2v) is 7.16. The van der Waals surface area contributed by atoms with E-state index in [1.807, 2.05) is 6.92 Å². The van der Waals surface area contributed by atoms with Crippen LogP contribution < -0.4 is 10.1 Å². The maximum atomic E-state index is 12.5. The number of hydrogen-bond acceptors (Lipinski definition) is 4. The highest BCUT2D eigenvalue weighted by Gasteiger charge is 2.14. The average molecular weight is 419 g/mol. The third kappa shape index (κ3) is 5.60. The molecule has 0 bridgehead atoms. The zero-order valence-electron chi connectivity index (χ0n) is 17.5. The number of rotatable bonds is 8. The minimum Gasteiger partial charge on any atom is -0.495 e. The summed E-state index contributed by atoms with van der Waals surface area (Å²) in [5, 5.41) is 7.69. The van der Waals surface area contributed by atoms with E-state index in [2.05, 4.69) is 17.3 Å². The van der Waals surface area contributed by atoms with Crippen LogP contribution in [-0.2, 0) is 11.3 Å². The van der Waals surface area contributed by atoms with Crippen molar-refractivity contribution in [2.45, 2.75) is 33.2 Å². The lowest BCUT2D eigenvalue weighted by Crippen LogP contribution is -2.22. The number of unbranched alkanes of at least 4 members (excludes halogenated alkanes) is 1.